The van der Waals surface area contributed by atoms with Gasteiger partial charge in [-0.2, -0.15) is 0 Å². The van der Waals surface area contributed by atoms with Gasteiger partial charge in [0.2, 0.25) is 5.91 Å². The molecule has 0 fully saturated rings. The first-order valence-corrected chi connectivity index (χ1v) is 9.19. The molecule has 0 aliphatic carbocycles. The molecule has 3 rings (SSSR count). The third-order valence-electron chi connectivity index (χ3n) is 3.67. The van der Waals surface area contributed by atoms with Crippen molar-refractivity contribution in [2.45, 2.75) is 36.7 Å². The number of carbonyl (C=O) groups is 1. The average molecular weight is 364 g/mol. The smallest absolute Gasteiger partial charge is 0.224 e. The van der Waals surface area contributed by atoms with Gasteiger partial charge in [-0.25, -0.2) is 9.97 Å². The van der Waals surface area contributed by atoms with Crippen LogP contribution in [0, 0.1) is 13.8 Å². The number of hydrogen-bond donors (Lipinski definition) is 1. The summed E-state index contributed by atoms with van der Waals surface area (Å²) in [4.78, 5) is 26.0. The van der Waals surface area contributed by atoms with Crippen LogP contribution < -0.4 is 5.32 Å². The fourth-order valence-corrected chi connectivity index (χ4v) is 3.34. The number of amides is 1. The van der Waals surface area contributed by atoms with Gasteiger partial charge in [-0.05, 0) is 74.0 Å². The molecule has 0 bridgehead atoms. The van der Waals surface area contributed by atoms with Crippen LogP contribution in [0.1, 0.15) is 23.4 Å². The molecule has 3 aromatic rings. The second-order valence-corrected chi connectivity index (χ2v) is 7.01. The molecule has 1 amide bonds. The van der Waals surface area contributed by atoms with Gasteiger partial charge in [-0.1, -0.05) is 6.07 Å². The van der Waals surface area contributed by atoms with Crippen molar-refractivity contribution in [3.63, 3.8) is 0 Å². The van der Waals surface area contributed by atoms with Gasteiger partial charge in [-0.3, -0.25) is 9.78 Å². The molecule has 0 saturated carbocycles. The van der Waals surface area contributed by atoms with Crippen molar-refractivity contribution in [2.75, 3.05) is 5.32 Å². The predicted octanol–water partition coefficient (Wildman–Crippen LogP) is 4.21. The van der Waals surface area contributed by atoms with Gasteiger partial charge in [0.05, 0.1) is 0 Å². The van der Waals surface area contributed by atoms with Crippen LogP contribution in [0.15, 0.2) is 64.9 Å². The van der Waals surface area contributed by atoms with Gasteiger partial charge in [0.25, 0.3) is 0 Å². The number of pyridine rings is 1. The van der Waals surface area contributed by atoms with Crippen LogP contribution in [-0.2, 0) is 11.2 Å². The summed E-state index contributed by atoms with van der Waals surface area (Å²) in [6, 6.07) is 13.5. The molecule has 2 heterocycles. The summed E-state index contributed by atoms with van der Waals surface area (Å²) >= 11 is 1.51. The van der Waals surface area contributed by atoms with E-state index in [-0.39, 0.29) is 5.91 Å². The molecule has 1 N–H and O–H groups in total. The maximum Gasteiger partial charge on any atom is 0.224 e. The molecule has 0 aliphatic rings. The van der Waals surface area contributed by atoms with Crippen molar-refractivity contribution in [2.24, 2.45) is 0 Å². The van der Waals surface area contributed by atoms with E-state index >= 15 is 0 Å². The molecule has 0 saturated heterocycles. The van der Waals surface area contributed by atoms with Gasteiger partial charge >= 0.3 is 0 Å². The lowest BCUT2D eigenvalue weighted by Crippen LogP contribution is -2.12. The minimum atomic E-state index is -0.00750. The zero-order valence-corrected chi connectivity index (χ0v) is 15.6. The summed E-state index contributed by atoms with van der Waals surface area (Å²) in [6.07, 6.45) is 4.62. The highest BCUT2D eigenvalue weighted by Gasteiger charge is 2.06. The lowest BCUT2D eigenvalue weighted by atomic mass is 10.1. The predicted molar refractivity (Wildman–Crippen MR) is 103 cm³/mol. The lowest BCUT2D eigenvalue weighted by molar-refractivity contribution is -0.116. The van der Waals surface area contributed by atoms with Crippen LogP contribution in [0.25, 0.3) is 0 Å². The van der Waals surface area contributed by atoms with Crippen LogP contribution in [0.4, 0.5) is 5.69 Å². The number of hydrogen-bond acceptors (Lipinski definition) is 5. The summed E-state index contributed by atoms with van der Waals surface area (Å²) in [5.74, 6) is -0.00750. The average Bonchev–Trinajstić information content (AvgIpc) is 2.62. The monoisotopic (exact) mass is 364 g/mol. The van der Waals surface area contributed by atoms with Crippen molar-refractivity contribution in [1.29, 1.82) is 0 Å². The Hall–Kier alpha value is -2.73. The summed E-state index contributed by atoms with van der Waals surface area (Å²) in [5, 5.41) is 3.65. The molecule has 0 radical (unpaired) electrons. The van der Waals surface area contributed by atoms with E-state index in [0.717, 1.165) is 32.7 Å². The van der Waals surface area contributed by atoms with Crippen LogP contribution in [0.3, 0.4) is 0 Å². The minimum absolute atomic E-state index is 0.00750. The largest absolute Gasteiger partial charge is 0.326 e. The van der Waals surface area contributed by atoms with E-state index < -0.39 is 0 Å². The Balaban J connectivity index is 1.54. The van der Waals surface area contributed by atoms with Gasteiger partial charge in [0.15, 0.2) is 5.16 Å². The van der Waals surface area contributed by atoms with E-state index in [2.05, 4.69) is 20.3 Å². The normalized spacial score (nSPS) is 10.5. The Labute approximate surface area is 157 Å². The molecule has 2 aromatic heterocycles. The third-order valence-corrected chi connectivity index (χ3v) is 4.55. The summed E-state index contributed by atoms with van der Waals surface area (Å²) in [7, 11) is 0. The van der Waals surface area contributed by atoms with Crippen molar-refractivity contribution in [3.8, 4) is 0 Å². The van der Waals surface area contributed by atoms with E-state index in [1.165, 1.54) is 11.8 Å². The highest BCUT2D eigenvalue weighted by atomic mass is 32.2. The number of carbonyl (C=O) groups excluding carboxylic acids is 1. The zero-order chi connectivity index (χ0) is 18.4. The second-order valence-electron chi connectivity index (χ2n) is 5.97. The number of nitrogens with one attached hydrogen (secondary N) is 1. The topological polar surface area (TPSA) is 67.8 Å². The Morgan fingerprint density at radius 1 is 1.08 bits per heavy atom. The molecule has 0 atom stereocenters. The third kappa shape index (κ3) is 5.39. The Morgan fingerprint density at radius 3 is 2.46 bits per heavy atom. The van der Waals surface area contributed by atoms with Crippen molar-refractivity contribution >= 4 is 23.4 Å². The number of aromatic nitrogens is 3. The van der Waals surface area contributed by atoms with E-state index in [0.29, 0.717) is 12.8 Å². The van der Waals surface area contributed by atoms with Crippen molar-refractivity contribution in [1.82, 2.24) is 15.0 Å². The molecule has 5 nitrogen and oxygen atoms in total. The maximum atomic E-state index is 12.1. The number of anilines is 1. The zero-order valence-electron chi connectivity index (χ0n) is 14.8. The van der Waals surface area contributed by atoms with Crippen LogP contribution in [0.2, 0.25) is 0 Å². The Bertz CT molecular complexity index is 862. The quantitative estimate of drug-likeness (QED) is 0.664. The number of aryl methyl sites for hydroxylation is 3. The number of rotatable bonds is 6. The Morgan fingerprint density at radius 2 is 1.81 bits per heavy atom. The van der Waals surface area contributed by atoms with Gasteiger partial charge in [0.1, 0.15) is 0 Å². The first-order valence-electron chi connectivity index (χ1n) is 8.37. The molecule has 6 heteroatoms. The first-order chi connectivity index (χ1) is 12.6. The van der Waals surface area contributed by atoms with Gasteiger partial charge < -0.3 is 5.32 Å². The lowest BCUT2D eigenvalue weighted by Gasteiger charge is -2.07. The van der Waals surface area contributed by atoms with Crippen molar-refractivity contribution in [3.05, 3.63) is 71.8 Å². The molecule has 0 aliphatic heterocycles. The molecule has 0 spiro atoms. The molecular weight excluding hydrogens is 344 g/mol. The summed E-state index contributed by atoms with van der Waals surface area (Å²) in [5.41, 5.74) is 3.75. The fourth-order valence-electron chi connectivity index (χ4n) is 2.48. The minimum Gasteiger partial charge on any atom is -0.326 e. The number of benzene rings is 1. The highest BCUT2D eigenvalue weighted by molar-refractivity contribution is 7.99. The standard InChI is InChI=1S/C20H20N4OS/c1-14-12-15(2)23-20(22-14)26-18-8-6-17(7-9-18)24-19(25)10-5-16-4-3-11-21-13-16/h3-4,6-9,11-13H,5,10H2,1-2H3,(H,24,25). The molecular formula is C20H20N4OS. The molecule has 132 valence electrons. The fraction of sp³-hybridized carbons (Fsp3) is 0.200. The first kappa shape index (κ1) is 18.1. The summed E-state index contributed by atoms with van der Waals surface area (Å²) in [6.45, 7) is 3.92. The van der Waals surface area contributed by atoms with Gasteiger partial charge in [-0.15, -0.1) is 0 Å². The van der Waals surface area contributed by atoms with E-state index in [9.17, 15) is 4.79 Å². The van der Waals surface area contributed by atoms with E-state index in [1.807, 2.05) is 56.3 Å². The molecule has 1 aromatic carbocycles. The van der Waals surface area contributed by atoms with Gasteiger partial charge in [0, 0.05) is 40.8 Å². The van der Waals surface area contributed by atoms with Crippen LogP contribution >= 0.6 is 11.8 Å². The summed E-state index contributed by atoms with van der Waals surface area (Å²) < 4.78 is 0. The SMILES string of the molecule is Cc1cc(C)nc(Sc2ccc(NC(=O)CCc3cccnc3)cc2)n1. The van der Waals surface area contributed by atoms with E-state index in [1.54, 1.807) is 12.4 Å². The molecule has 0 unspecified atom stereocenters. The molecule has 26 heavy (non-hydrogen) atoms. The van der Waals surface area contributed by atoms with Crippen LogP contribution in [-0.4, -0.2) is 20.9 Å². The number of nitrogens with zero attached hydrogens (tertiary/aromatic N) is 3. The second kappa shape index (κ2) is 8.58. The van der Waals surface area contributed by atoms with E-state index in [4.69, 9.17) is 0 Å². The van der Waals surface area contributed by atoms with Crippen LogP contribution in [0.5, 0.6) is 0 Å². The maximum absolute atomic E-state index is 12.1. The van der Waals surface area contributed by atoms with Crippen molar-refractivity contribution < 1.29 is 4.79 Å². The Kier molecular flexibility index (Phi) is 5.96. The highest BCUT2D eigenvalue weighted by Crippen LogP contribution is 2.26.